The van der Waals surface area contributed by atoms with E-state index in [0.29, 0.717) is 10.6 Å². The molecule has 1 rings (SSSR count). The number of hydrogen-bond acceptors (Lipinski definition) is 2. The van der Waals surface area contributed by atoms with Crippen molar-refractivity contribution in [2.24, 2.45) is 0 Å². The first-order valence-corrected chi connectivity index (χ1v) is 4.14. The number of hydrogen-bond donors (Lipinski definition) is 1. The third-order valence-electron chi connectivity index (χ3n) is 1.46. The second kappa shape index (κ2) is 4.10. The summed E-state index contributed by atoms with van der Waals surface area (Å²) in [5.74, 6) is -0.257. The Balaban J connectivity index is 3.02. The van der Waals surface area contributed by atoms with E-state index in [1.54, 1.807) is 24.3 Å². The zero-order chi connectivity index (χ0) is 9.84. The Hall–Kier alpha value is -1.28. The molecule has 0 aliphatic heterocycles. The van der Waals surface area contributed by atoms with Crippen LogP contribution in [0.15, 0.2) is 30.3 Å². The van der Waals surface area contributed by atoms with Crippen molar-refractivity contribution in [3.8, 4) is 0 Å². The van der Waals surface area contributed by atoms with Gasteiger partial charge < -0.3 is 5.11 Å². The maximum atomic E-state index is 10.6. The van der Waals surface area contributed by atoms with E-state index in [4.69, 9.17) is 11.6 Å². The van der Waals surface area contributed by atoms with Gasteiger partial charge in [0.15, 0.2) is 5.78 Å². The summed E-state index contributed by atoms with van der Waals surface area (Å²) >= 11 is 5.70. The van der Waals surface area contributed by atoms with Gasteiger partial charge in [-0.05, 0) is 19.1 Å². The highest BCUT2D eigenvalue weighted by Crippen LogP contribution is 2.16. The predicted octanol–water partition coefficient (Wildman–Crippen LogP) is 2.83. The van der Waals surface area contributed by atoms with Gasteiger partial charge in [-0.15, -0.1) is 0 Å². The topological polar surface area (TPSA) is 37.3 Å². The lowest BCUT2D eigenvalue weighted by Gasteiger charge is -1.99. The van der Waals surface area contributed by atoms with Crippen LogP contribution < -0.4 is 0 Å². The summed E-state index contributed by atoms with van der Waals surface area (Å²) in [6.45, 7) is 1.38. The quantitative estimate of drug-likeness (QED) is 0.584. The Bertz CT molecular complexity index is 356. The van der Waals surface area contributed by atoms with Gasteiger partial charge in [-0.25, -0.2) is 0 Å². The van der Waals surface area contributed by atoms with Gasteiger partial charge in [0.05, 0.1) is 0 Å². The van der Waals surface area contributed by atoms with Crippen LogP contribution in [0.25, 0.3) is 5.76 Å². The van der Waals surface area contributed by atoms with E-state index < -0.39 is 0 Å². The molecule has 0 saturated carbocycles. The molecule has 0 radical (unpaired) electrons. The molecule has 0 fully saturated rings. The van der Waals surface area contributed by atoms with Crippen molar-refractivity contribution < 1.29 is 9.90 Å². The molecule has 0 aliphatic carbocycles. The minimum atomic E-state index is -0.197. The van der Waals surface area contributed by atoms with Gasteiger partial charge in [0.2, 0.25) is 0 Å². The third kappa shape index (κ3) is 2.92. The Morgan fingerprint density at radius 3 is 2.77 bits per heavy atom. The number of carbonyl (C=O) groups is 1. The molecule has 2 nitrogen and oxygen atoms in total. The van der Waals surface area contributed by atoms with Crippen LogP contribution >= 0.6 is 11.6 Å². The number of ketones is 1. The molecule has 0 bridgehead atoms. The highest BCUT2D eigenvalue weighted by Gasteiger charge is 2.00. The van der Waals surface area contributed by atoms with Gasteiger partial charge in [0, 0.05) is 16.7 Å². The summed E-state index contributed by atoms with van der Waals surface area (Å²) in [7, 11) is 0. The van der Waals surface area contributed by atoms with Crippen LogP contribution in [0.1, 0.15) is 12.5 Å². The van der Waals surface area contributed by atoms with Crippen LogP contribution in [0.5, 0.6) is 0 Å². The van der Waals surface area contributed by atoms with Crippen molar-refractivity contribution in [2.75, 3.05) is 0 Å². The average Bonchev–Trinajstić information content (AvgIpc) is 2.03. The zero-order valence-electron chi connectivity index (χ0n) is 7.12. The van der Waals surface area contributed by atoms with E-state index in [2.05, 4.69) is 0 Å². The molecule has 0 atom stereocenters. The number of carbonyl (C=O) groups excluding carboxylic acids is 1. The Kier molecular flexibility index (Phi) is 3.09. The molecule has 0 spiro atoms. The van der Waals surface area contributed by atoms with E-state index in [9.17, 15) is 9.90 Å². The normalized spacial score (nSPS) is 11.4. The second-order valence-electron chi connectivity index (χ2n) is 2.65. The molecule has 1 N–H and O–H groups in total. The highest BCUT2D eigenvalue weighted by atomic mass is 35.5. The maximum Gasteiger partial charge on any atom is 0.156 e. The summed E-state index contributed by atoms with van der Waals surface area (Å²) in [4.78, 5) is 10.6. The van der Waals surface area contributed by atoms with Crippen LogP contribution in [-0.2, 0) is 4.79 Å². The minimum absolute atomic E-state index is 0.0602. The molecule has 13 heavy (non-hydrogen) atoms. The van der Waals surface area contributed by atoms with Crippen LogP contribution in [0.2, 0.25) is 5.02 Å². The van der Waals surface area contributed by atoms with Crippen molar-refractivity contribution in [1.29, 1.82) is 0 Å². The number of halogens is 1. The first-order chi connectivity index (χ1) is 6.09. The smallest absolute Gasteiger partial charge is 0.156 e. The Morgan fingerprint density at radius 1 is 1.54 bits per heavy atom. The van der Waals surface area contributed by atoms with Gasteiger partial charge in [-0.3, -0.25) is 4.79 Å². The molecule has 0 amide bonds. The largest absolute Gasteiger partial charge is 0.507 e. The molecule has 0 aromatic heterocycles. The summed E-state index contributed by atoms with van der Waals surface area (Å²) in [5, 5.41) is 9.93. The highest BCUT2D eigenvalue weighted by molar-refractivity contribution is 6.30. The van der Waals surface area contributed by atoms with Crippen molar-refractivity contribution in [2.45, 2.75) is 6.92 Å². The molecule has 0 heterocycles. The maximum absolute atomic E-state index is 10.6. The van der Waals surface area contributed by atoms with Crippen LogP contribution in [0.3, 0.4) is 0 Å². The van der Waals surface area contributed by atoms with E-state index in [1.807, 2.05) is 0 Å². The van der Waals surface area contributed by atoms with Crippen molar-refractivity contribution >= 4 is 23.1 Å². The minimum Gasteiger partial charge on any atom is -0.507 e. The number of benzene rings is 1. The molecule has 0 saturated heterocycles. The fourth-order valence-electron chi connectivity index (χ4n) is 0.924. The van der Waals surface area contributed by atoms with Gasteiger partial charge in [0.25, 0.3) is 0 Å². The molecular weight excluding hydrogens is 188 g/mol. The van der Waals surface area contributed by atoms with Gasteiger partial charge in [-0.2, -0.15) is 0 Å². The fourth-order valence-corrected chi connectivity index (χ4v) is 1.11. The molecule has 3 heteroatoms. The van der Waals surface area contributed by atoms with E-state index in [-0.39, 0.29) is 11.5 Å². The molecule has 68 valence electrons. The monoisotopic (exact) mass is 196 g/mol. The molecule has 0 aliphatic rings. The number of aliphatic hydroxyl groups is 1. The van der Waals surface area contributed by atoms with Gasteiger partial charge in [-0.1, -0.05) is 23.7 Å². The number of rotatable bonds is 2. The fraction of sp³-hybridized carbons (Fsp3) is 0.100. The Morgan fingerprint density at radius 2 is 2.23 bits per heavy atom. The lowest BCUT2D eigenvalue weighted by Crippen LogP contribution is -1.88. The lowest BCUT2D eigenvalue weighted by molar-refractivity contribution is -0.112. The first kappa shape index (κ1) is 9.81. The lowest BCUT2D eigenvalue weighted by atomic mass is 10.1. The Labute approximate surface area is 81.5 Å². The standard InChI is InChI=1S/C10H9ClO2/c1-7(12)5-10(13)8-3-2-4-9(11)6-8/h2-6,13H,1H3/b10-5-. The van der Waals surface area contributed by atoms with Crippen LogP contribution in [0, 0.1) is 0 Å². The van der Waals surface area contributed by atoms with Gasteiger partial charge >= 0.3 is 0 Å². The predicted molar refractivity (Wildman–Crippen MR) is 52.7 cm³/mol. The van der Waals surface area contributed by atoms with Crippen LogP contribution in [-0.4, -0.2) is 10.9 Å². The van der Waals surface area contributed by atoms with Crippen molar-refractivity contribution in [1.82, 2.24) is 0 Å². The van der Waals surface area contributed by atoms with Gasteiger partial charge in [0.1, 0.15) is 5.76 Å². The summed E-state index contributed by atoms with van der Waals surface area (Å²) in [6, 6.07) is 6.69. The van der Waals surface area contributed by atoms with E-state index >= 15 is 0 Å². The number of allylic oxidation sites excluding steroid dienone is 1. The first-order valence-electron chi connectivity index (χ1n) is 3.77. The number of aliphatic hydroxyl groups excluding tert-OH is 1. The molecule has 1 aromatic rings. The second-order valence-corrected chi connectivity index (χ2v) is 3.09. The molecule has 1 aromatic carbocycles. The third-order valence-corrected chi connectivity index (χ3v) is 1.70. The zero-order valence-corrected chi connectivity index (χ0v) is 7.88. The average molecular weight is 197 g/mol. The van der Waals surface area contributed by atoms with E-state index in [1.165, 1.54) is 6.92 Å². The van der Waals surface area contributed by atoms with Crippen molar-refractivity contribution in [3.05, 3.63) is 40.9 Å². The molecule has 0 unspecified atom stereocenters. The van der Waals surface area contributed by atoms with Crippen molar-refractivity contribution in [3.63, 3.8) is 0 Å². The SMILES string of the molecule is CC(=O)/C=C(\O)c1cccc(Cl)c1. The molecular formula is C10H9ClO2. The van der Waals surface area contributed by atoms with Crippen LogP contribution in [0.4, 0.5) is 0 Å². The summed E-state index contributed by atoms with van der Waals surface area (Å²) in [6.07, 6.45) is 1.16. The van der Waals surface area contributed by atoms with E-state index in [0.717, 1.165) is 6.08 Å². The summed E-state index contributed by atoms with van der Waals surface area (Å²) < 4.78 is 0. The summed E-state index contributed by atoms with van der Waals surface area (Å²) in [5.41, 5.74) is 0.544.